The van der Waals surface area contributed by atoms with E-state index in [0.29, 0.717) is 17.9 Å². The van der Waals surface area contributed by atoms with E-state index in [1.807, 2.05) is 0 Å². The Morgan fingerprint density at radius 3 is 2.89 bits per heavy atom. The number of nitrogens with zero attached hydrogens (tertiary/aromatic N) is 2. The molecule has 0 aliphatic heterocycles. The molecule has 0 amide bonds. The lowest BCUT2D eigenvalue weighted by Gasteiger charge is -1.97. The minimum Gasteiger partial charge on any atom is -0.481 e. The van der Waals surface area contributed by atoms with Crippen molar-refractivity contribution in [2.75, 3.05) is 0 Å². The highest BCUT2D eigenvalue weighted by Gasteiger charge is 2.48. The number of hydrogen-bond donors (Lipinski definition) is 1. The molecule has 1 aromatic heterocycles. The zero-order chi connectivity index (χ0) is 13.6. The lowest BCUT2D eigenvalue weighted by atomic mass is 10.1. The molecule has 1 N–H and O–H groups in total. The highest BCUT2D eigenvalue weighted by atomic mass is 19.1. The SMILES string of the molecule is Cc1cc(F)cc(-c2noc(C3CC3C(=O)O)n2)c1. The zero-order valence-electron chi connectivity index (χ0n) is 10.1. The van der Waals surface area contributed by atoms with Gasteiger partial charge in [0.15, 0.2) is 0 Å². The molecule has 1 aliphatic rings. The molecular weight excluding hydrogens is 251 g/mol. The van der Waals surface area contributed by atoms with E-state index in [1.165, 1.54) is 12.1 Å². The van der Waals surface area contributed by atoms with Gasteiger partial charge in [0, 0.05) is 5.56 Å². The van der Waals surface area contributed by atoms with E-state index < -0.39 is 11.9 Å². The van der Waals surface area contributed by atoms with Gasteiger partial charge in [-0.2, -0.15) is 4.98 Å². The molecule has 3 rings (SSSR count). The van der Waals surface area contributed by atoms with Crippen LogP contribution < -0.4 is 0 Å². The number of halogens is 1. The van der Waals surface area contributed by atoms with Crippen molar-refractivity contribution in [1.82, 2.24) is 10.1 Å². The topological polar surface area (TPSA) is 76.2 Å². The first kappa shape index (κ1) is 11.8. The Kier molecular flexibility index (Phi) is 2.58. The van der Waals surface area contributed by atoms with Crippen LogP contribution in [0.1, 0.15) is 23.8 Å². The van der Waals surface area contributed by atoms with Crippen molar-refractivity contribution in [2.24, 2.45) is 5.92 Å². The molecule has 98 valence electrons. The molecule has 0 bridgehead atoms. The second-order valence-electron chi connectivity index (χ2n) is 4.76. The van der Waals surface area contributed by atoms with Crippen molar-refractivity contribution in [2.45, 2.75) is 19.3 Å². The summed E-state index contributed by atoms with van der Waals surface area (Å²) in [5.74, 6) is -1.28. The van der Waals surface area contributed by atoms with Crippen molar-refractivity contribution in [3.8, 4) is 11.4 Å². The number of aryl methyl sites for hydroxylation is 1. The summed E-state index contributed by atoms with van der Waals surface area (Å²) in [5.41, 5.74) is 1.29. The Labute approximate surface area is 108 Å². The summed E-state index contributed by atoms with van der Waals surface area (Å²) in [7, 11) is 0. The maximum absolute atomic E-state index is 13.3. The number of benzene rings is 1. The molecule has 2 atom stereocenters. The number of carbonyl (C=O) groups is 1. The normalized spacial score (nSPS) is 21.4. The van der Waals surface area contributed by atoms with Gasteiger partial charge >= 0.3 is 5.97 Å². The first-order valence-electron chi connectivity index (χ1n) is 5.88. The summed E-state index contributed by atoms with van der Waals surface area (Å²) < 4.78 is 18.4. The van der Waals surface area contributed by atoms with Crippen LogP contribution in [0.15, 0.2) is 22.7 Å². The Bertz CT molecular complexity index is 633. The largest absolute Gasteiger partial charge is 0.481 e. The van der Waals surface area contributed by atoms with Gasteiger partial charge < -0.3 is 9.63 Å². The lowest BCUT2D eigenvalue weighted by molar-refractivity contribution is -0.138. The summed E-state index contributed by atoms with van der Waals surface area (Å²) in [6.45, 7) is 1.77. The van der Waals surface area contributed by atoms with E-state index in [9.17, 15) is 9.18 Å². The summed E-state index contributed by atoms with van der Waals surface area (Å²) >= 11 is 0. The molecule has 0 radical (unpaired) electrons. The molecule has 1 heterocycles. The van der Waals surface area contributed by atoms with Crippen LogP contribution in [0.4, 0.5) is 4.39 Å². The lowest BCUT2D eigenvalue weighted by Crippen LogP contribution is -1.98. The number of hydrogen-bond acceptors (Lipinski definition) is 4. The minimum absolute atomic E-state index is 0.214. The summed E-state index contributed by atoms with van der Waals surface area (Å²) in [6.07, 6.45) is 0.513. The Hall–Kier alpha value is -2.24. The van der Waals surface area contributed by atoms with Crippen molar-refractivity contribution in [1.29, 1.82) is 0 Å². The Morgan fingerprint density at radius 2 is 2.26 bits per heavy atom. The third kappa shape index (κ3) is 2.21. The second-order valence-corrected chi connectivity index (χ2v) is 4.76. The first-order chi connectivity index (χ1) is 9.04. The van der Waals surface area contributed by atoms with Gasteiger partial charge in [-0.15, -0.1) is 0 Å². The van der Waals surface area contributed by atoms with Gasteiger partial charge in [-0.25, -0.2) is 4.39 Å². The van der Waals surface area contributed by atoms with Crippen LogP contribution in [0, 0.1) is 18.7 Å². The molecule has 5 nitrogen and oxygen atoms in total. The smallest absolute Gasteiger partial charge is 0.307 e. The van der Waals surface area contributed by atoms with Gasteiger partial charge in [-0.3, -0.25) is 4.79 Å². The van der Waals surface area contributed by atoms with Crippen LogP contribution >= 0.6 is 0 Å². The average molecular weight is 262 g/mol. The van der Waals surface area contributed by atoms with Crippen molar-refractivity contribution in [3.63, 3.8) is 0 Å². The third-order valence-electron chi connectivity index (χ3n) is 3.17. The van der Waals surface area contributed by atoms with Gasteiger partial charge in [-0.05, 0) is 37.1 Å². The minimum atomic E-state index is -0.855. The van der Waals surface area contributed by atoms with E-state index in [-0.39, 0.29) is 17.6 Å². The van der Waals surface area contributed by atoms with Crippen LogP contribution in [0.5, 0.6) is 0 Å². The summed E-state index contributed by atoms with van der Waals surface area (Å²) in [4.78, 5) is 14.9. The van der Waals surface area contributed by atoms with Gasteiger partial charge in [-0.1, -0.05) is 5.16 Å². The molecule has 0 spiro atoms. The first-order valence-corrected chi connectivity index (χ1v) is 5.88. The van der Waals surface area contributed by atoms with Gasteiger partial charge in [0.1, 0.15) is 5.82 Å². The number of carboxylic acid groups (broad SMARTS) is 1. The molecule has 2 unspecified atom stereocenters. The molecule has 0 saturated heterocycles. The maximum Gasteiger partial charge on any atom is 0.307 e. The highest BCUT2D eigenvalue weighted by Crippen LogP contribution is 2.47. The molecule has 1 aliphatic carbocycles. The molecule has 1 saturated carbocycles. The average Bonchev–Trinajstić information content (AvgIpc) is 2.98. The second kappa shape index (κ2) is 4.15. The Morgan fingerprint density at radius 1 is 1.47 bits per heavy atom. The van der Waals surface area contributed by atoms with Gasteiger partial charge in [0.25, 0.3) is 0 Å². The molecular formula is C13H11FN2O3. The fourth-order valence-electron chi connectivity index (χ4n) is 2.11. The summed E-state index contributed by atoms with van der Waals surface area (Å²) in [6, 6.07) is 4.48. The van der Waals surface area contributed by atoms with Crippen LogP contribution in [0.2, 0.25) is 0 Å². The maximum atomic E-state index is 13.3. The van der Waals surface area contributed by atoms with Crippen LogP contribution in [-0.4, -0.2) is 21.2 Å². The van der Waals surface area contributed by atoms with Crippen molar-refractivity contribution < 1.29 is 18.8 Å². The zero-order valence-corrected chi connectivity index (χ0v) is 10.1. The van der Waals surface area contributed by atoms with Crippen LogP contribution in [0.25, 0.3) is 11.4 Å². The highest BCUT2D eigenvalue weighted by molar-refractivity contribution is 5.74. The molecule has 19 heavy (non-hydrogen) atoms. The molecule has 1 fully saturated rings. The van der Waals surface area contributed by atoms with Crippen LogP contribution in [0.3, 0.4) is 0 Å². The summed E-state index contributed by atoms with van der Waals surface area (Å²) in [5, 5.41) is 12.6. The number of rotatable bonds is 3. The predicted octanol–water partition coefficient (Wildman–Crippen LogP) is 2.37. The standard InChI is InChI=1S/C13H11FN2O3/c1-6-2-7(4-8(14)3-6)11-15-12(19-16-11)9-5-10(9)13(17)18/h2-4,9-10H,5H2,1H3,(H,17,18). The van der Waals surface area contributed by atoms with Crippen molar-refractivity contribution in [3.05, 3.63) is 35.5 Å². The van der Waals surface area contributed by atoms with E-state index in [1.54, 1.807) is 13.0 Å². The number of aromatic nitrogens is 2. The monoisotopic (exact) mass is 262 g/mol. The molecule has 6 heteroatoms. The number of aliphatic carboxylic acids is 1. The van der Waals surface area contributed by atoms with Gasteiger partial charge in [0.2, 0.25) is 11.7 Å². The molecule has 2 aromatic rings. The Balaban J connectivity index is 1.87. The van der Waals surface area contributed by atoms with Crippen molar-refractivity contribution >= 4 is 5.97 Å². The van der Waals surface area contributed by atoms with E-state index >= 15 is 0 Å². The van der Waals surface area contributed by atoms with Gasteiger partial charge in [0.05, 0.1) is 11.8 Å². The van der Waals surface area contributed by atoms with E-state index in [2.05, 4.69) is 10.1 Å². The van der Waals surface area contributed by atoms with E-state index in [0.717, 1.165) is 5.56 Å². The number of carboxylic acids is 1. The predicted molar refractivity (Wildman–Crippen MR) is 62.9 cm³/mol. The molecule has 1 aromatic carbocycles. The van der Waals surface area contributed by atoms with Crippen LogP contribution in [-0.2, 0) is 4.79 Å². The fourth-order valence-corrected chi connectivity index (χ4v) is 2.11. The quantitative estimate of drug-likeness (QED) is 0.918. The third-order valence-corrected chi connectivity index (χ3v) is 3.17. The fraction of sp³-hybridized carbons (Fsp3) is 0.308. The van der Waals surface area contributed by atoms with E-state index in [4.69, 9.17) is 9.63 Å².